The Bertz CT molecular complexity index is 385. The average molecular weight is 249 g/mol. The summed E-state index contributed by atoms with van der Waals surface area (Å²) in [6.45, 7) is 2.21. The van der Waals surface area contributed by atoms with Gasteiger partial charge in [0, 0.05) is 4.88 Å². The maximum absolute atomic E-state index is 10.4. The Labute approximate surface area is 107 Å². The van der Waals surface area contributed by atoms with Crippen LogP contribution in [0.1, 0.15) is 50.0 Å². The van der Waals surface area contributed by atoms with Gasteiger partial charge in [0.25, 0.3) is 0 Å². The summed E-state index contributed by atoms with van der Waals surface area (Å²) >= 11 is 1.54. The molecule has 0 saturated heterocycles. The van der Waals surface area contributed by atoms with Crippen LogP contribution in [0.5, 0.6) is 0 Å². The topological polar surface area (TPSA) is 44.0 Å². The quantitative estimate of drug-likeness (QED) is 0.883. The van der Waals surface area contributed by atoms with Crippen LogP contribution in [0.25, 0.3) is 0 Å². The van der Waals surface area contributed by atoms with E-state index in [1.165, 1.54) is 6.42 Å². The molecule has 17 heavy (non-hydrogen) atoms. The molecule has 1 atom stereocenters. The van der Waals surface area contributed by atoms with Crippen molar-refractivity contribution in [3.63, 3.8) is 0 Å². The van der Waals surface area contributed by atoms with Gasteiger partial charge in [0.2, 0.25) is 0 Å². The standard InChI is InChI=1S/C14H19NOS/c1-2-11-5-7-14(10-15,8-6-11)13(16)12-4-3-9-17-12/h3-4,9,11,13,16H,2,5-8H2,1H3. The monoisotopic (exact) mass is 249 g/mol. The minimum atomic E-state index is -0.606. The Balaban J connectivity index is 2.14. The highest BCUT2D eigenvalue weighted by atomic mass is 32.1. The lowest BCUT2D eigenvalue weighted by Gasteiger charge is -2.37. The van der Waals surface area contributed by atoms with Crippen molar-refractivity contribution in [2.45, 2.75) is 45.1 Å². The van der Waals surface area contributed by atoms with Gasteiger partial charge < -0.3 is 5.11 Å². The molecule has 1 heterocycles. The van der Waals surface area contributed by atoms with Crippen molar-refractivity contribution in [2.24, 2.45) is 11.3 Å². The van der Waals surface area contributed by atoms with Crippen LogP contribution in [0.15, 0.2) is 17.5 Å². The van der Waals surface area contributed by atoms with Gasteiger partial charge in [-0.3, -0.25) is 0 Å². The molecule has 1 unspecified atom stereocenters. The lowest BCUT2D eigenvalue weighted by Crippen LogP contribution is -2.32. The largest absolute Gasteiger partial charge is 0.386 e. The molecule has 1 aromatic rings. The maximum atomic E-state index is 10.4. The van der Waals surface area contributed by atoms with Crippen LogP contribution in [-0.2, 0) is 0 Å². The molecule has 92 valence electrons. The molecule has 1 saturated carbocycles. The third kappa shape index (κ3) is 2.38. The smallest absolute Gasteiger partial charge is 0.107 e. The van der Waals surface area contributed by atoms with Gasteiger partial charge in [-0.05, 0) is 43.0 Å². The molecule has 1 aliphatic carbocycles. The van der Waals surface area contributed by atoms with Gasteiger partial charge in [0.15, 0.2) is 0 Å². The number of aliphatic hydroxyl groups is 1. The van der Waals surface area contributed by atoms with Crippen LogP contribution >= 0.6 is 11.3 Å². The molecule has 2 nitrogen and oxygen atoms in total. The van der Waals surface area contributed by atoms with Crippen LogP contribution in [-0.4, -0.2) is 5.11 Å². The zero-order chi connectivity index (χ0) is 12.3. The number of rotatable bonds is 3. The van der Waals surface area contributed by atoms with E-state index in [2.05, 4.69) is 13.0 Å². The Morgan fingerprint density at radius 3 is 2.76 bits per heavy atom. The number of hydrogen-bond acceptors (Lipinski definition) is 3. The Kier molecular flexibility index (Phi) is 3.86. The van der Waals surface area contributed by atoms with Gasteiger partial charge >= 0.3 is 0 Å². The molecule has 1 aliphatic rings. The third-order valence-electron chi connectivity index (χ3n) is 4.13. The second-order valence-corrected chi connectivity index (χ2v) is 6.02. The maximum Gasteiger partial charge on any atom is 0.107 e. The van der Waals surface area contributed by atoms with Crippen molar-refractivity contribution < 1.29 is 5.11 Å². The van der Waals surface area contributed by atoms with Crippen molar-refractivity contribution in [3.8, 4) is 6.07 Å². The summed E-state index contributed by atoms with van der Waals surface area (Å²) in [5, 5.41) is 21.9. The van der Waals surface area contributed by atoms with E-state index in [0.29, 0.717) is 0 Å². The predicted molar refractivity (Wildman–Crippen MR) is 69.6 cm³/mol. The average Bonchev–Trinajstić information content (AvgIpc) is 2.92. The van der Waals surface area contributed by atoms with E-state index in [-0.39, 0.29) is 0 Å². The van der Waals surface area contributed by atoms with Gasteiger partial charge in [-0.15, -0.1) is 11.3 Å². The van der Waals surface area contributed by atoms with E-state index in [4.69, 9.17) is 0 Å². The molecule has 2 rings (SSSR count). The highest BCUT2D eigenvalue weighted by Crippen LogP contribution is 2.48. The van der Waals surface area contributed by atoms with E-state index in [0.717, 1.165) is 36.5 Å². The molecule has 3 heteroatoms. The normalized spacial score (nSPS) is 30.8. The highest BCUT2D eigenvalue weighted by Gasteiger charge is 2.42. The second kappa shape index (κ2) is 5.20. The van der Waals surface area contributed by atoms with Crippen LogP contribution in [0.4, 0.5) is 0 Å². The first-order chi connectivity index (χ1) is 8.22. The predicted octanol–water partition coefficient (Wildman–Crippen LogP) is 3.89. The van der Waals surface area contributed by atoms with Gasteiger partial charge in [-0.2, -0.15) is 5.26 Å². The number of hydrogen-bond donors (Lipinski definition) is 1. The SMILES string of the molecule is CCC1CCC(C#N)(C(O)c2cccs2)CC1. The zero-order valence-corrected chi connectivity index (χ0v) is 11.0. The van der Waals surface area contributed by atoms with Crippen molar-refractivity contribution in [3.05, 3.63) is 22.4 Å². The van der Waals surface area contributed by atoms with Crippen LogP contribution < -0.4 is 0 Å². The minimum Gasteiger partial charge on any atom is -0.386 e. The van der Waals surface area contributed by atoms with E-state index >= 15 is 0 Å². The third-order valence-corrected chi connectivity index (χ3v) is 5.06. The molecule has 0 spiro atoms. The number of nitrogens with zero attached hydrogens (tertiary/aromatic N) is 1. The van der Waals surface area contributed by atoms with E-state index in [1.54, 1.807) is 11.3 Å². The number of aliphatic hydroxyl groups excluding tert-OH is 1. The molecule has 0 aromatic carbocycles. The summed E-state index contributed by atoms with van der Waals surface area (Å²) in [6, 6.07) is 6.27. The Hall–Kier alpha value is -0.850. The number of nitriles is 1. The number of thiophene rings is 1. The van der Waals surface area contributed by atoms with Gasteiger partial charge in [0.1, 0.15) is 6.10 Å². The molecule has 1 aromatic heterocycles. The fraction of sp³-hybridized carbons (Fsp3) is 0.643. The van der Waals surface area contributed by atoms with Crippen molar-refractivity contribution >= 4 is 11.3 Å². The van der Waals surface area contributed by atoms with Crippen LogP contribution in [0.3, 0.4) is 0 Å². The van der Waals surface area contributed by atoms with E-state index in [9.17, 15) is 10.4 Å². The first-order valence-corrected chi connectivity index (χ1v) is 7.22. The van der Waals surface area contributed by atoms with Crippen LogP contribution in [0.2, 0.25) is 0 Å². The molecular formula is C14H19NOS. The summed E-state index contributed by atoms with van der Waals surface area (Å²) < 4.78 is 0. The van der Waals surface area contributed by atoms with Gasteiger partial charge in [0.05, 0.1) is 11.5 Å². The molecule has 0 bridgehead atoms. The fourth-order valence-electron chi connectivity index (χ4n) is 2.77. The lowest BCUT2D eigenvalue weighted by molar-refractivity contribution is 0.0267. The summed E-state index contributed by atoms with van der Waals surface area (Å²) in [6.07, 6.45) is 4.41. The van der Waals surface area contributed by atoms with Crippen molar-refractivity contribution in [1.82, 2.24) is 0 Å². The summed E-state index contributed by atoms with van der Waals surface area (Å²) in [7, 11) is 0. The van der Waals surface area contributed by atoms with E-state index in [1.807, 2.05) is 17.5 Å². The first kappa shape index (κ1) is 12.6. The minimum absolute atomic E-state index is 0.545. The second-order valence-electron chi connectivity index (χ2n) is 5.04. The highest BCUT2D eigenvalue weighted by molar-refractivity contribution is 7.10. The summed E-state index contributed by atoms with van der Waals surface area (Å²) in [5.74, 6) is 0.743. The molecule has 0 amide bonds. The van der Waals surface area contributed by atoms with Crippen molar-refractivity contribution in [2.75, 3.05) is 0 Å². The zero-order valence-electron chi connectivity index (χ0n) is 10.2. The summed E-state index contributed by atoms with van der Waals surface area (Å²) in [4.78, 5) is 0.932. The van der Waals surface area contributed by atoms with E-state index < -0.39 is 11.5 Å². The fourth-order valence-corrected chi connectivity index (χ4v) is 3.59. The lowest BCUT2D eigenvalue weighted by atomic mass is 9.67. The first-order valence-electron chi connectivity index (χ1n) is 6.34. The van der Waals surface area contributed by atoms with Crippen molar-refractivity contribution in [1.29, 1.82) is 5.26 Å². The van der Waals surface area contributed by atoms with Gasteiger partial charge in [-0.1, -0.05) is 19.4 Å². The molecular weight excluding hydrogens is 230 g/mol. The summed E-state index contributed by atoms with van der Waals surface area (Å²) in [5.41, 5.74) is -0.545. The Morgan fingerprint density at radius 1 is 1.59 bits per heavy atom. The molecule has 1 fully saturated rings. The van der Waals surface area contributed by atoms with Gasteiger partial charge in [-0.25, -0.2) is 0 Å². The van der Waals surface area contributed by atoms with Crippen LogP contribution in [0, 0.1) is 22.7 Å². The molecule has 0 radical (unpaired) electrons. The molecule has 1 N–H and O–H groups in total. The Morgan fingerprint density at radius 2 is 2.29 bits per heavy atom. The molecule has 0 aliphatic heterocycles.